The fourth-order valence-electron chi connectivity index (χ4n) is 2.16. The van der Waals surface area contributed by atoms with Crippen molar-refractivity contribution in [3.05, 3.63) is 22.7 Å². The molecule has 0 unspecified atom stereocenters. The number of hydrogen-bond donors (Lipinski definition) is 0. The molecule has 0 radical (unpaired) electrons. The van der Waals surface area contributed by atoms with Gasteiger partial charge in [0.2, 0.25) is 10.0 Å². The Morgan fingerprint density at radius 2 is 2.00 bits per heavy atom. The average molecular weight is 362 g/mol. The molecular weight excluding hydrogens is 342 g/mol. The number of rotatable bonds is 6. The Hall–Kier alpha value is -0.590. The van der Waals surface area contributed by atoms with Crippen LogP contribution < -0.4 is 4.74 Å². The zero-order chi connectivity index (χ0) is 14.6. The fourth-order valence-corrected chi connectivity index (χ4v) is 4.05. The van der Waals surface area contributed by atoms with Crippen molar-refractivity contribution >= 4 is 26.0 Å². The van der Waals surface area contributed by atoms with Gasteiger partial charge in [0.25, 0.3) is 0 Å². The Morgan fingerprint density at radius 1 is 1.30 bits per heavy atom. The van der Waals surface area contributed by atoms with Crippen molar-refractivity contribution in [1.29, 1.82) is 0 Å². The number of nitrogens with zero attached hydrogens (tertiary/aromatic N) is 1. The van der Waals surface area contributed by atoms with Gasteiger partial charge in [-0.2, -0.15) is 4.31 Å². The van der Waals surface area contributed by atoms with E-state index in [1.54, 1.807) is 22.5 Å². The minimum absolute atomic E-state index is 0.314. The zero-order valence-electron chi connectivity index (χ0n) is 11.6. The van der Waals surface area contributed by atoms with Crippen LogP contribution >= 0.6 is 15.9 Å². The van der Waals surface area contributed by atoms with Crippen LogP contribution in [0.5, 0.6) is 5.75 Å². The lowest BCUT2D eigenvalue weighted by molar-refractivity contribution is 0.306. The smallest absolute Gasteiger partial charge is 0.243 e. The molecule has 0 amide bonds. The number of unbranched alkanes of at least 4 members (excludes halogenated alkanes) is 1. The van der Waals surface area contributed by atoms with E-state index in [1.165, 1.54) is 0 Å². The summed E-state index contributed by atoms with van der Waals surface area (Å²) in [4.78, 5) is 0.314. The van der Waals surface area contributed by atoms with Crippen molar-refractivity contribution in [3.8, 4) is 5.75 Å². The van der Waals surface area contributed by atoms with E-state index in [-0.39, 0.29) is 0 Å². The maximum atomic E-state index is 12.5. The van der Waals surface area contributed by atoms with Gasteiger partial charge in [0.05, 0.1) is 16.0 Å². The van der Waals surface area contributed by atoms with Crippen molar-refractivity contribution in [2.75, 3.05) is 19.7 Å². The molecule has 0 saturated carbocycles. The van der Waals surface area contributed by atoms with Crippen LogP contribution in [-0.2, 0) is 10.0 Å². The Labute approximate surface area is 129 Å². The summed E-state index contributed by atoms with van der Waals surface area (Å²) >= 11 is 3.40. The molecule has 0 N–H and O–H groups in total. The van der Waals surface area contributed by atoms with Crippen LogP contribution in [0.15, 0.2) is 27.6 Å². The highest BCUT2D eigenvalue weighted by atomic mass is 79.9. The Kier molecular flexibility index (Phi) is 5.46. The van der Waals surface area contributed by atoms with Crippen molar-refractivity contribution < 1.29 is 13.2 Å². The third-order valence-electron chi connectivity index (χ3n) is 3.36. The second-order valence-corrected chi connectivity index (χ2v) is 7.70. The second-order valence-electron chi connectivity index (χ2n) is 4.91. The number of halogens is 1. The van der Waals surface area contributed by atoms with Crippen LogP contribution in [0.2, 0.25) is 0 Å². The summed E-state index contributed by atoms with van der Waals surface area (Å²) in [6.07, 6.45) is 3.88. The summed E-state index contributed by atoms with van der Waals surface area (Å²) in [5.74, 6) is 0.596. The lowest BCUT2D eigenvalue weighted by Crippen LogP contribution is -2.27. The van der Waals surface area contributed by atoms with E-state index in [1.807, 2.05) is 0 Å². The molecule has 112 valence electrons. The van der Waals surface area contributed by atoms with Crippen molar-refractivity contribution in [2.24, 2.45) is 0 Å². The van der Waals surface area contributed by atoms with Crippen LogP contribution in [0.25, 0.3) is 0 Å². The first-order valence-electron chi connectivity index (χ1n) is 6.98. The average Bonchev–Trinajstić information content (AvgIpc) is 2.95. The minimum Gasteiger partial charge on any atom is -0.492 e. The molecule has 1 fully saturated rings. The molecule has 0 aliphatic carbocycles. The Morgan fingerprint density at radius 3 is 2.65 bits per heavy atom. The molecule has 20 heavy (non-hydrogen) atoms. The Bertz CT molecular complexity index is 554. The fraction of sp³-hybridized carbons (Fsp3) is 0.571. The molecule has 1 heterocycles. The summed E-state index contributed by atoms with van der Waals surface area (Å²) in [6.45, 7) is 3.92. The van der Waals surface area contributed by atoms with E-state index in [2.05, 4.69) is 22.9 Å². The molecule has 6 heteroatoms. The molecule has 1 aliphatic heterocycles. The van der Waals surface area contributed by atoms with E-state index in [9.17, 15) is 8.42 Å². The predicted molar refractivity (Wildman–Crippen MR) is 82.5 cm³/mol. The second kappa shape index (κ2) is 6.91. The van der Waals surface area contributed by atoms with Gasteiger partial charge in [-0.05, 0) is 47.3 Å². The van der Waals surface area contributed by atoms with Crippen molar-refractivity contribution in [2.45, 2.75) is 37.5 Å². The largest absolute Gasteiger partial charge is 0.492 e. The molecular formula is C14H20BrNO3S. The normalized spacial score (nSPS) is 16.5. The summed E-state index contributed by atoms with van der Waals surface area (Å²) in [6, 6.07) is 4.99. The number of ether oxygens (including phenoxy) is 1. The summed E-state index contributed by atoms with van der Waals surface area (Å²) in [5.41, 5.74) is 0. The van der Waals surface area contributed by atoms with Gasteiger partial charge in [-0.3, -0.25) is 0 Å². The van der Waals surface area contributed by atoms with Crippen LogP contribution in [-0.4, -0.2) is 32.4 Å². The minimum atomic E-state index is -3.38. The molecule has 0 aromatic heterocycles. The third kappa shape index (κ3) is 3.54. The van der Waals surface area contributed by atoms with Crippen molar-refractivity contribution in [1.82, 2.24) is 4.31 Å². The lowest BCUT2D eigenvalue weighted by Gasteiger charge is -2.16. The zero-order valence-corrected chi connectivity index (χ0v) is 14.0. The maximum Gasteiger partial charge on any atom is 0.243 e. The first-order chi connectivity index (χ1) is 9.55. The molecule has 1 aromatic rings. The highest BCUT2D eigenvalue weighted by Crippen LogP contribution is 2.30. The van der Waals surface area contributed by atoms with Gasteiger partial charge in [0.1, 0.15) is 5.75 Å². The molecule has 0 spiro atoms. The topological polar surface area (TPSA) is 46.6 Å². The maximum absolute atomic E-state index is 12.5. The number of benzene rings is 1. The third-order valence-corrected chi connectivity index (χ3v) is 5.91. The first-order valence-corrected chi connectivity index (χ1v) is 9.21. The Balaban J connectivity index is 2.21. The molecule has 1 aliphatic rings. The highest BCUT2D eigenvalue weighted by Gasteiger charge is 2.27. The van der Waals surface area contributed by atoms with E-state index in [4.69, 9.17) is 4.74 Å². The molecule has 4 nitrogen and oxygen atoms in total. The highest BCUT2D eigenvalue weighted by molar-refractivity contribution is 9.10. The van der Waals surface area contributed by atoms with E-state index >= 15 is 0 Å². The monoisotopic (exact) mass is 361 g/mol. The van der Waals surface area contributed by atoms with Gasteiger partial charge >= 0.3 is 0 Å². The molecule has 0 atom stereocenters. The van der Waals surface area contributed by atoms with Crippen LogP contribution in [0.4, 0.5) is 0 Å². The molecule has 1 aromatic carbocycles. The summed E-state index contributed by atoms with van der Waals surface area (Å²) in [7, 11) is -3.38. The first kappa shape index (κ1) is 15.8. The number of hydrogen-bond acceptors (Lipinski definition) is 3. The van der Waals surface area contributed by atoms with Crippen LogP contribution in [0, 0.1) is 0 Å². The van der Waals surface area contributed by atoms with Crippen LogP contribution in [0.1, 0.15) is 32.6 Å². The van der Waals surface area contributed by atoms with Crippen molar-refractivity contribution in [3.63, 3.8) is 0 Å². The SMILES string of the molecule is CCCCOc1cc(S(=O)(=O)N2CCCC2)ccc1Br. The summed E-state index contributed by atoms with van der Waals surface area (Å²) in [5, 5.41) is 0. The summed E-state index contributed by atoms with van der Waals surface area (Å²) < 4.78 is 32.9. The van der Waals surface area contributed by atoms with Gasteiger partial charge in [-0.25, -0.2) is 8.42 Å². The van der Waals surface area contributed by atoms with Gasteiger partial charge in [-0.15, -0.1) is 0 Å². The predicted octanol–water partition coefficient (Wildman–Crippen LogP) is 3.41. The molecule has 2 rings (SSSR count). The van der Waals surface area contributed by atoms with Gasteiger partial charge in [0.15, 0.2) is 0 Å². The van der Waals surface area contributed by atoms with E-state index < -0.39 is 10.0 Å². The van der Waals surface area contributed by atoms with Crippen LogP contribution in [0.3, 0.4) is 0 Å². The van der Waals surface area contributed by atoms with E-state index in [0.717, 1.165) is 30.2 Å². The number of sulfonamides is 1. The van der Waals surface area contributed by atoms with Gasteiger partial charge in [-0.1, -0.05) is 13.3 Å². The molecule has 1 saturated heterocycles. The van der Waals surface area contributed by atoms with E-state index in [0.29, 0.717) is 30.3 Å². The lowest BCUT2D eigenvalue weighted by atomic mass is 10.3. The molecule has 0 bridgehead atoms. The van der Waals surface area contributed by atoms with Gasteiger partial charge < -0.3 is 4.74 Å². The standard InChI is InChI=1S/C14H20BrNO3S/c1-2-3-10-19-14-11-12(6-7-13(14)15)20(17,18)16-8-4-5-9-16/h6-7,11H,2-5,8-10H2,1H3. The van der Waals surface area contributed by atoms with Gasteiger partial charge in [0, 0.05) is 19.2 Å². The quantitative estimate of drug-likeness (QED) is 0.729.